The van der Waals surface area contributed by atoms with E-state index in [2.05, 4.69) is 16.9 Å². The van der Waals surface area contributed by atoms with Crippen molar-refractivity contribution in [2.24, 2.45) is 5.92 Å². The molecular formula is C21H22N2O4S2. The number of H-pyrrole nitrogens is 1. The van der Waals surface area contributed by atoms with E-state index < -0.39 is 0 Å². The number of thioether (sulfide) groups is 1. The quantitative estimate of drug-likeness (QED) is 0.360. The first-order chi connectivity index (χ1) is 14.0. The van der Waals surface area contributed by atoms with E-state index in [0.29, 0.717) is 28.1 Å². The summed E-state index contributed by atoms with van der Waals surface area (Å²) in [7, 11) is 3.08. The molecule has 1 unspecified atom stereocenters. The van der Waals surface area contributed by atoms with Crippen LogP contribution in [0, 0.1) is 5.92 Å². The molecule has 0 saturated carbocycles. The van der Waals surface area contributed by atoms with Crippen molar-refractivity contribution in [1.29, 1.82) is 0 Å². The molecule has 1 N–H and O–H groups in total. The van der Waals surface area contributed by atoms with Crippen molar-refractivity contribution in [3.8, 4) is 11.5 Å². The Balaban J connectivity index is 1.56. The van der Waals surface area contributed by atoms with Gasteiger partial charge in [0.25, 0.3) is 5.56 Å². The van der Waals surface area contributed by atoms with Gasteiger partial charge in [0, 0.05) is 10.9 Å². The highest BCUT2D eigenvalue weighted by Crippen LogP contribution is 2.36. The molecule has 1 aromatic carbocycles. The Morgan fingerprint density at radius 1 is 1.34 bits per heavy atom. The normalized spacial score (nSPS) is 15.9. The van der Waals surface area contributed by atoms with Crippen LogP contribution in [0.4, 0.5) is 0 Å². The Hall–Kier alpha value is -2.32. The summed E-state index contributed by atoms with van der Waals surface area (Å²) in [5.41, 5.74) is 1.52. The number of carbonyl (C=O) groups is 1. The fraction of sp³-hybridized carbons (Fsp3) is 0.381. The van der Waals surface area contributed by atoms with E-state index in [1.165, 1.54) is 23.7 Å². The predicted molar refractivity (Wildman–Crippen MR) is 116 cm³/mol. The number of Topliss-reactive ketones (excluding diaryl/α,β-unsaturated/α-hetero) is 1. The summed E-state index contributed by atoms with van der Waals surface area (Å²) >= 11 is 2.84. The minimum atomic E-state index is -0.112. The van der Waals surface area contributed by atoms with Crippen LogP contribution in [0.15, 0.2) is 28.2 Å². The Morgan fingerprint density at radius 3 is 2.93 bits per heavy atom. The van der Waals surface area contributed by atoms with Gasteiger partial charge in [-0.3, -0.25) is 9.59 Å². The molecule has 0 radical (unpaired) electrons. The van der Waals surface area contributed by atoms with Crippen LogP contribution in [0.3, 0.4) is 0 Å². The number of hydrogen-bond donors (Lipinski definition) is 1. The van der Waals surface area contributed by atoms with Crippen molar-refractivity contribution < 1.29 is 14.3 Å². The number of hydrogen-bond acceptors (Lipinski definition) is 7. The van der Waals surface area contributed by atoms with E-state index in [1.807, 2.05) is 0 Å². The molecule has 0 spiro atoms. The summed E-state index contributed by atoms with van der Waals surface area (Å²) in [5, 5.41) is 1.19. The number of ether oxygens (including phenoxy) is 2. The number of aryl methyl sites for hydroxylation is 1. The predicted octanol–water partition coefficient (Wildman–Crippen LogP) is 4.10. The lowest BCUT2D eigenvalue weighted by molar-refractivity contribution is 0.101. The van der Waals surface area contributed by atoms with Crippen molar-refractivity contribution in [2.45, 2.75) is 31.3 Å². The van der Waals surface area contributed by atoms with E-state index in [1.54, 1.807) is 36.6 Å². The minimum absolute atomic E-state index is 0.100. The molecule has 3 aromatic rings. The van der Waals surface area contributed by atoms with E-state index in [-0.39, 0.29) is 17.1 Å². The van der Waals surface area contributed by atoms with Gasteiger partial charge in [-0.15, -0.1) is 11.3 Å². The minimum Gasteiger partial charge on any atom is -0.497 e. The largest absolute Gasteiger partial charge is 0.497 e. The number of nitrogens with one attached hydrogen (secondary N) is 1. The summed E-state index contributed by atoms with van der Waals surface area (Å²) in [6.45, 7) is 2.24. The maximum absolute atomic E-state index is 12.7. The van der Waals surface area contributed by atoms with E-state index in [0.717, 1.165) is 35.0 Å². The smallest absolute Gasteiger partial charge is 0.260 e. The van der Waals surface area contributed by atoms with Crippen molar-refractivity contribution in [1.82, 2.24) is 9.97 Å². The van der Waals surface area contributed by atoms with Gasteiger partial charge in [0.1, 0.15) is 16.3 Å². The molecule has 8 heteroatoms. The van der Waals surface area contributed by atoms with Crippen molar-refractivity contribution in [3.05, 3.63) is 44.6 Å². The first-order valence-corrected chi connectivity index (χ1v) is 11.2. The zero-order valence-electron chi connectivity index (χ0n) is 16.5. The zero-order chi connectivity index (χ0) is 20.5. The molecule has 1 aliphatic carbocycles. The molecule has 2 heterocycles. The van der Waals surface area contributed by atoms with Gasteiger partial charge in [-0.05, 0) is 42.9 Å². The highest BCUT2D eigenvalue weighted by atomic mass is 32.2. The molecule has 0 saturated heterocycles. The van der Waals surface area contributed by atoms with Crippen molar-refractivity contribution in [3.63, 3.8) is 0 Å². The van der Waals surface area contributed by atoms with Crippen LogP contribution in [-0.2, 0) is 12.8 Å². The molecule has 29 heavy (non-hydrogen) atoms. The molecule has 0 amide bonds. The van der Waals surface area contributed by atoms with Gasteiger partial charge < -0.3 is 14.5 Å². The Labute approximate surface area is 176 Å². The summed E-state index contributed by atoms with van der Waals surface area (Å²) in [6.07, 6.45) is 3.05. The standard InChI is InChI=1S/C21H22N2O4S2/c1-11-4-6-14-17(8-11)29-20-18(14)19(25)22-21(23-20)28-10-15(24)13-7-5-12(26-2)9-16(13)27-3/h5,7,9,11H,4,6,8,10H2,1-3H3,(H,22,23,25). The van der Waals surface area contributed by atoms with Crippen molar-refractivity contribution >= 4 is 39.1 Å². The topological polar surface area (TPSA) is 81.3 Å². The zero-order valence-corrected chi connectivity index (χ0v) is 18.2. The van der Waals surface area contributed by atoms with Crippen LogP contribution >= 0.6 is 23.1 Å². The van der Waals surface area contributed by atoms with Crippen LogP contribution < -0.4 is 15.0 Å². The lowest BCUT2D eigenvalue weighted by atomic mass is 9.89. The van der Waals surface area contributed by atoms with Gasteiger partial charge in [-0.1, -0.05) is 18.7 Å². The number of carbonyl (C=O) groups excluding carboxylic acids is 1. The lowest BCUT2D eigenvalue weighted by Crippen LogP contribution is -2.14. The molecule has 1 aliphatic rings. The number of ketones is 1. The maximum atomic E-state index is 12.7. The molecule has 1 atom stereocenters. The van der Waals surface area contributed by atoms with Crippen LogP contribution in [0.25, 0.3) is 10.2 Å². The highest BCUT2D eigenvalue weighted by Gasteiger charge is 2.23. The molecule has 6 nitrogen and oxygen atoms in total. The fourth-order valence-corrected chi connectivity index (χ4v) is 5.82. The van der Waals surface area contributed by atoms with E-state index in [4.69, 9.17) is 9.47 Å². The second kappa shape index (κ2) is 8.20. The van der Waals surface area contributed by atoms with E-state index in [9.17, 15) is 9.59 Å². The fourth-order valence-electron chi connectivity index (χ4n) is 3.64. The van der Waals surface area contributed by atoms with Gasteiger partial charge in [0.05, 0.1) is 30.9 Å². The molecule has 2 aromatic heterocycles. The number of nitrogens with zero attached hydrogens (tertiary/aromatic N) is 1. The van der Waals surface area contributed by atoms with Crippen LogP contribution in [0.1, 0.15) is 34.1 Å². The van der Waals surface area contributed by atoms with Crippen LogP contribution in [0.2, 0.25) is 0 Å². The third-order valence-electron chi connectivity index (χ3n) is 5.19. The molecule has 0 fully saturated rings. The first-order valence-electron chi connectivity index (χ1n) is 9.42. The van der Waals surface area contributed by atoms with E-state index >= 15 is 0 Å². The molecular weight excluding hydrogens is 408 g/mol. The number of aromatic amines is 1. The number of fused-ring (bicyclic) bond motifs is 3. The average molecular weight is 431 g/mol. The summed E-state index contributed by atoms with van der Waals surface area (Å²) < 4.78 is 10.5. The summed E-state index contributed by atoms with van der Waals surface area (Å²) in [4.78, 5) is 34.9. The Bertz CT molecular complexity index is 1140. The average Bonchev–Trinajstić information content (AvgIpc) is 3.09. The first kappa shape index (κ1) is 20.0. The van der Waals surface area contributed by atoms with Crippen molar-refractivity contribution in [2.75, 3.05) is 20.0 Å². The number of rotatable bonds is 6. The lowest BCUT2D eigenvalue weighted by Gasteiger charge is -2.17. The van der Waals surface area contributed by atoms with Gasteiger partial charge in [-0.25, -0.2) is 4.98 Å². The van der Waals surface area contributed by atoms with Gasteiger partial charge in [0.2, 0.25) is 0 Å². The van der Waals surface area contributed by atoms with Crippen LogP contribution in [0.5, 0.6) is 11.5 Å². The molecule has 0 bridgehead atoms. The number of aromatic nitrogens is 2. The second-order valence-corrected chi connectivity index (χ2v) is 9.23. The number of benzene rings is 1. The van der Waals surface area contributed by atoms with Gasteiger partial charge >= 0.3 is 0 Å². The second-order valence-electron chi connectivity index (χ2n) is 7.18. The molecule has 152 valence electrons. The maximum Gasteiger partial charge on any atom is 0.260 e. The summed E-state index contributed by atoms with van der Waals surface area (Å²) in [5.74, 6) is 1.78. The SMILES string of the molecule is COc1ccc(C(=O)CSc2nc3sc4c(c3c(=O)[nH]2)CCC(C)C4)c(OC)c1. The third kappa shape index (κ3) is 3.91. The van der Waals surface area contributed by atoms with Crippen LogP contribution in [-0.4, -0.2) is 35.7 Å². The summed E-state index contributed by atoms with van der Waals surface area (Å²) in [6, 6.07) is 5.10. The Kier molecular flexibility index (Phi) is 5.65. The monoisotopic (exact) mass is 430 g/mol. The number of methoxy groups -OCH3 is 2. The molecule has 4 rings (SSSR count). The molecule has 0 aliphatic heterocycles. The highest BCUT2D eigenvalue weighted by molar-refractivity contribution is 7.99. The number of thiophene rings is 1. The van der Waals surface area contributed by atoms with Gasteiger partial charge in [-0.2, -0.15) is 0 Å². The van der Waals surface area contributed by atoms with Gasteiger partial charge in [0.15, 0.2) is 10.9 Å². The third-order valence-corrected chi connectivity index (χ3v) is 7.21. The Morgan fingerprint density at radius 2 is 2.17 bits per heavy atom.